The summed E-state index contributed by atoms with van der Waals surface area (Å²) in [5, 5.41) is 10.9. The van der Waals surface area contributed by atoms with Crippen LogP contribution in [0.1, 0.15) is 59.9 Å². The molecule has 2 spiro atoms. The Bertz CT molecular complexity index is 992. The molecule has 1 aromatic carbocycles. The Labute approximate surface area is 175 Å². The van der Waals surface area contributed by atoms with E-state index < -0.39 is 5.66 Å². The number of nitrogens with zero attached hydrogens (tertiary/aromatic N) is 3. The van der Waals surface area contributed by atoms with Gasteiger partial charge in [0.25, 0.3) is 11.8 Å². The van der Waals surface area contributed by atoms with Gasteiger partial charge in [-0.15, -0.1) is 0 Å². The maximum absolute atomic E-state index is 12.9. The molecule has 0 saturated carbocycles. The topological polar surface area (TPSA) is 88.5 Å². The first kappa shape index (κ1) is 19.1. The fourth-order valence-corrected chi connectivity index (χ4v) is 4.80. The van der Waals surface area contributed by atoms with Gasteiger partial charge in [0.2, 0.25) is 0 Å². The highest BCUT2D eigenvalue weighted by atomic mass is 16.5. The number of amides is 2. The average Bonchev–Trinajstić information content (AvgIpc) is 3.35. The third-order valence-electron chi connectivity index (χ3n) is 6.49. The summed E-state index contributed by atoms with van der Waals surface area (Å²) in [7, 11) is 0. The van der Waals surface area contributed by atoms with Crippen LogP contribution in [0.4, 0.5) is 5.69 Å². The fourth-order valence-electron chi connectivity index (χ4n) is 4.80. The number of fused-ring (bicyclic) bond motifs is 1. The summed E-state index contributed by atoms with van der Waals surface area (Å²) < 4.78 is 8.08. The number of aromatic nitrogens is 2. The molecule has 4 heterocycles. The second kappa shape index (κ2) is 6.84. The smallest absolute Gasteiger partial charge is 0.257 e. The molecule has 2 amide bonds. The SMILES string of the molecule is CC(C)n1cc(C(=O)N2CCC3(CC2)CC2(CO3)NC(=O)c3ccccc3N2)cn1. The Morgan fingerprint density at radius 2 is 1.97 bits per heavy atom. The molecule has 2 aromatic rings. The van der Waals surface area contributed by atoms with Gasteiger partial charge in [-0.25, -0.2) is 0 Å². The summed E-state index contributed by atoms with van der Waals surface area (Å²) in [4.78, 5) is 27.4. The molecule has 2 saturated heterocycles. The molecule has 1 atom stereocenters. The second-order valence-corrected chi connectivity index (χ2v) is 8.95. The first-order chi connectivity index (χ1) is 14.4. The quantitative estimate of drug-likeness (QED) is 0.795. The Hall–Kier alpha value is -2.87. The average molecular weight is 409 g/mol. The lowest BCUT2D eigenvalue weighted by Gasteiger charge is -2.41. The first-order valence-electron chi connectivity index (χ1n) is 10.6. The zero-order chi connectivity index (χ0) is 20.9. The Kier molecular flexibility index (Phi) is 4.36. The van der Waals surface area contributed by atoms with Crippen LogP contribution in [0.5, 0.6) is 0 Å². The minimum atomic E-state index is -0.587. The monoisotopic (exact) mass is 409 g/mol. The second-order valence-electron chi connectivity index (χ2n) is 8.95. The van der Waals surface area contributed by atoms with E-state index in [1.165, 1.54) is 0 Å². The highest BCUT2D eigenvalue weighted by Gasteiger charge is 2.53. The molecule has 30 heavy (non-hydrogen) atoms. The van der Waals surface area contributed by atoms with Crippen LogP contribution >= 0.6 is 0 Å². The molecule has 2 fully saturated rings. The molecule has 5 rings (SSSR count). The van der Waals surface area contributed by atoms with E-state index in [0.717, 1.165) is 18.5 Å². The summed E-state index contributed by atoms with van der Waals surface area (Å²) in [5.74, 6) is -0.0535. The molecule has 158 valence electrons. The number of hydrogen-bond donors (Lipinski definition) is 2. The number of piperidine rings is 1. The van der Waals surface area contributed by atoms with Crippen molar-refractivity contribution in [3.63, 3.8) is 0 Å². The van der Waals surface area contributed by atoms with Crippen molar-refractivity contribution in [1.82, 2.24) is 20.0 Å². The summed E-state index contributed by atoms with van der Waals surface area (Å²) in [5.41, 5.74) is 1.21. The number of carbonyl (C=O) groups is 2. The third-order valence-corrected chi connectivity index (χ3v) is 6.49. The molecular weight excluding hydrogens is 382 g/mol. The zero-order valence-corrected chi connectivity index (χ0v) is 17.4. The van der Waals surface area contributed by atoms with Gasteiger partial charge in [0.05, 0.1) is 29.5 Å². The Balaban J connectivity index is 1.26. The van der Waals surface area contributed by atoms with Crippen LogP contribution in [0.3, 0.4) is 0 Å². The van der Waals surface area contributed by atoms with Crippen LogP contribution in [0.15, 0.2) is 36.7 Å². The number of nitrogens with one attached hydrogen (secondary N) is 2. The normalized spacial score (nSPS) is 24.8. The largest absolute Gasteiger partial charge is 0.370 e. The minimum Gasteiger partial charge on any atom is -0.370 e. The number of likely N-dealkylation sites (tertiary alicyclic amines) is 1. The van der Waals surface area contributed by atoms with E-state index in [1.807, 2.05) is 49.2 Å². The molecule has 8 heteroatoms. The lowest BCUT2D eigenvalue weighted by atomic mass is 9.84. The van der Waals surface area contributed by atoms with Crippen molar-refractivity contribution in [3.05, 3.63) is 47.8 Å². The number of rotatable bonds is 2. The number of benzene rings is 1. The van der Waals surface area contributed by atoms with E-state index in [1.54, 1.807) is 10.9 Å². The van der Waals surface area contributed by atoms with Gasteiger partial charge in [0.15, 0.2) is 0 Å². The summed E-state index contributed by atoms with van der Waals surface area (Å²) in [6.45, 7) is 5.76. The maximum Gasteiger partial charge on any atom is 0.257 e. The summed E-state index contributed by atoms with van der Waals surface area (Å²) in [6.07, 6.45) is 5.65. The molecule has 2 N–H and O–H groups in total. The van der Waals surface area contributed by atoms with Gasteiger partial charge >= 0.3 is 0 Å². The number of para-hydroxylation sites is 1. The van der Waals surface area contributed by atoms with Crippen molar-refractivity contribution in [2.45, 2.75) is 50.4 Å². The lowest BCUT2D eigenvalue weighted by Crippen LogP contribution is -2.59. The van der Waals surface area contributed by atoms with Crippen molar-refractivity contribution in [1.29, 1.82) is 0 Å². The molecule has 8 nitrogen and oxygen atoms in total. The zero-order valence-electron chi connectivity index (χ0n) is 17.4. The molecule has 0 aliphatic carbocycles. The van der Waals surface area contributed by atoms with Crippen LogP contribution in [0, 0.1) is 0 Å². The van der Waals surface area contributed by atoms with Gasteiger partial charge < -0.3 is 20.3 Å². The van der Waals surface area contributed by atoms with Gasteiger partial charge in [-0.2, -0.15) is 5.10 Å². The van der Waals surface area contributed by atoms with Gasteiger partial charge in [0, 0.05) is 37.4 Å². The predicted octanol–water partition coefficient (Wildman–Crippen LogP) is 2.41. The minimum absolute atomic E-state index is 0.0162. The van der Waals surface area contributed by atoms with Gasteiger partial charge in [0.1, 0.15) is 5.66 Å². The van der Waals surface area contributed by atoms with Crippen LogP contribution in [0.25, 0.3) is 0 Å². The van der Waals surface area contributed by atoms with Gasteiger partial charge in [-0.1, -0.05) is 12.1 Å². The molecule has 3 aliphatic rings. The van der Waals surface area contributed by atoms with Crippen molar-refractivity contribution in [2.24, 2.45) is 0 Å². The fraction of sp³-hybridized carbons (Fsp3) is 0.500. The molecule has 1 unspecified atom stereocenters. The van der Waals surface area contributed by atoms with E-state index in [4.69, 9.17) is 4.74 Å². The molecule has 3 aliphatic heterocycles. The van der Waals surface area contributed by atoms with Crippen LogP contribution in [-0.4, -0.2) is 57.5 Å². The lowest BCUT2D eigenvalue weighted by molar-refractivity contribution is -0.0393. The van der Waals surface area contributed by atoms with E-state index in [-0.39, 0.29) is 23.5 Å². The Morgan fingerprint density at radius 3 is 2.70 bits per heavy atom. The van der Waals surface area contributed by atoms with Crippen molar-refractivity contribution in [3.8, 4) is 0 Å². The van der Waals surface area contributed by atoms with Crippen LogP contribution < -0.4 is 10.6 Å². The summed E-state index contributed by atoms with van der Waals surface area (Å²) in [6, 6.07) is 7.76. The molecular formula is C22H27N5O3. The van der Waals surface area contributed by atoms with Crippen molar-refractivity contribution >= 4 is 17.5 Å². The van der Waals surface area contributed by atoms with E-state index in [0.29, 0.717) is 37.2 Å². The number of anilines is 1. The third kappa shape index (κ3) is 3.15. The van der Waals surface area contributed by atoms with E-state index in [9.17, 15) is 9.59 Å². The molecule has 0 bridgehead atoms. The number of hydrogen-bond acceptors (Lipinski definition) is 5. The number of ether oxygens (including phenoxy) is 1. The molecule has 1 aromatic heterocycles. The van der Waals surface area contributed by atoms with E-state index in [2.05, 4.69) is 15.7 Å². The first-order valence-corrected chi connectivity index (χ1v) is 10.6. The van der Waals surface area contributed by atoms with Crippen molar-refractivity contribution < 1.29 is 14.3 Å². The predicted molar refractivity (Wildman–Crippen MR) is 111 cm³/mol. The summed E-state index contributed by atoms with van der Waals surface area (Å²) >= 11 is 0. The molecule has 0 radical (unpaired) electrons. The number of carbonyl (C=O) groups excluding carboxylic acids is 2. The van der Waals surface area contributed by atoms with Crippen molar-refractivity contribution in [2.75, 3.05) is 25.0 Å². The van der Waals surface area contributed by atoms with Gasteiger partial charge in [-0.3, -0.25) is 14.3 Å². The highest BCUT2D eigenvalue weighted by molar-refractivity contribution is 6.02. The standard InChI is InChI=1S/C22H27N5O3/c1-15(2)27-12-16(11-23-27)20(29)26-9-7-21(8-10-26)13-22(14-30-21)24-18-6-4-3-5-17(18)19(28)25-22/h3-6,11-12,15,24H,7-10,13-14H2,1-2H3,(H,25,28). The van der Waals surface area contributed by atoms with E-state index >= 15 is 0 Å². The van der Waals surface area contributed by atoms with Gasteiger partial charge in [-0.05, 0) is 38.8 Å². The van der Waals surface area contributed by atoms with Crippen LogP contribution in [-0.2, 0) is 4.74 Å². The van der Waals surface area contributed by atoms with Crippen LogP contribution in [0.2, 0.25) is 0 Å². The highest BCUT2D eigenvalue weighted by Crippen LogP contribution is 2.43. The maximum atomic E-state index is 12.9. The Morgan fingerprint density at radius 1 is 1.20 bits per heavy atom.